The lowest BCUT2D eigenvalue weighted by Gasteiger charge is -2.31. The van der Waals surface area contributed by atoms with E-state index in [9.17, 15) is 4.79 Å². The molecule has 1 amide bonds. The fourth-order valence-electron chi connectivity index (χ4n) is 4.11. The van der Waals surface area contributed by atoms with Gasteiger partial charge in [-0.1, -0.05) is 18.2 Å². The van der Waals surface area contributed by atoms with Crippen LogP contribution in [-0.2, 0) is 18.4 Å². The first-order chi connectivity index (χ1) is 19.0. The first-order valence-electron chi connectivity index (χ1n) is 12.5. The van der Waals surface area contributed by atoms with E-state index in [1.54, 1.807) is 34.4 Å². The molecular formula is C26H29N11O2. The highest BCUT2D eigenvalue weighted by molar-refractivity contribution is 5.78. The molecule has 0 spiro atoms. The molecular weight excluding hydrogens is 498 g/mol. The minimum Gasteiger partial charge on any atom is -0.489 e. The lowest BCUT2D eigenvalue weighted by molar-refractivity contribution is -0.134. The molecule has 200 valence electrons. The lowest BCUT2D eigenvalue weighted by Crippen LogP contribution is -2.49. The van der Waals surface area contributed by atoms with Gasteiger partial charge in [0.2, 0.25) is 11.7 Å². The van der Waals surface area contributed by atoms with Gasteiger partial charge in [-0.25, -0.2) is 25.5 Å². The maximum Gasteiger partial charge on any atom is 0.236 e. The number of hydrogen-bond acceptors (Lipinski definition) is 11. The average Bonchev–Trinajstić information content (AvgIpc) is 3.40. The van der Waals surface area contributed by atoms with Gasteiger partial charge in [-0.2, -0.15) is 5.10 Å². The number of nitrogens with zero attached hydrogens (tertiary/aromatic N) is 9. The van der Waals surface area contributed by atoms with Crippen LogP contribution in [0, 0.1) is 5.53 Å². The van der Waals surface area contributed by atoms with Crippen molar-refractivity contribution in [2.24, 2.45) is 12.2 Å². The number of amides is 1. The summed E-state index contributed by atoms with van der Waals surface area (Å²) in [5.41, 5.74) is 10.7. The number of hydrogen-bond donors (Lipinski definition) is 2. The molecule has 39 heavy (non-hydrogen) atoms. The van der Waals surface area contributed by atoms with Crippen LogP contribution in [0.4, 0.5) is 11.6 Å². The Morgan fingerprint density at radius 1 is 1.08 bits per heavy atom. The molecule has 13 heteroatoms. The minimum atomic E-state index is 0.129. The molecule has 1 saturated heterocycles. The number of rotatable bonds is 10. The number of carbonyl (C=O) groups excluding carboxylic acids is 1. The Kier molecular flexibility index (Phi) is 7.78. The molecule has 5 rings (SSSR count). The molecule has 0 aliphatic carbocycles. The average molecular weight is 528 g/mol. The highest BCUT2D eigenvalue weighted by Gasteiger charge is 2.20. The number of aryl methyl sites for hydroxylation is 1. The van der Waals surface area contributed by atoms with Crippen molar-refractivity contribution in [1.82, 2.24) is 39.5 Å². The molecule has 1 aromatic carbocycles. The van der Waals surface area contributed by atoms with Crippen molar-refractivity contribution in [3.05, 3.63) is 60.8 Å². The second-order valence-corrected chi connectivity index (χ2v) is 9.18. The molecule has 1 fully saturated rings. The summed E-state index contributed by atoms with van der Waals surface area (Å²) in [7, 11) is 3.66. The number of aromatic nitrogens is 6. The van der Waals surface area contributed by atoms with Crippen molar-refractivity contribution < 1.29 is 9.53 Å². The normalized spacial score (nSPS) is 13.9. The van der Waals surface area contributed by atoms with Gasteiger partial charge in [-0.15, -0.1) is 5.11 Å². The summed E-state index contributed by atoms with van der Waals surface area (Å²) in [5.74, 6) is 1.90. The van der Waals surface area contributed by atoms with E-state index in [2.05, 4.69) is 40.4 Å². The quantitative estimate of drug-likeness (QED) is 0.297. The van der Waals surface area contributed by atoms with Gasteiger partial charge in [-0.05, 0) is 11.6 Å². The molecule has 2 N–H and O–H groups in total. The number of nitrogens with one attached hydrogen (secondary N) is 2. The molecule has 0 saturated carbocycles. The van der Waals surface area contributed by atoms with Gasteiger partial charge in [0.15, 0.2) is 17.4 Å². The van der Waals surface area contributed by atoms with E-state index in [0.717, 1.165) is 29.8 Å². The molecule has 4 aromatic rings. The second kappa shape index (κ2) is 11.7. The number of benzene rings is 1. The zero-order chi connectivity index (χ0) is 27.2. The van der Waals surface area contributed by atoms with E-state index in [-0.39, 0.29) is 11.7 Å². The van der Waals surface area contributed by atoms with Crippen LogP contribution in [-0.4, -0.2) is 85.3 Å². The predicted octanol–water partition coefficient (Wildman–Crippen LogP) is 2.76. The number of likely N-dealkylation sites (N-methyl/N-ethyl adjacent to an activating group) is 1. The van der Waals surface area contributed by atoms with Crippen LogP contribution in [0.15, 0.2) is 60.4 Å². The van der Waals surface area contributed by atoms with Gasteiger partial charge in [0.1, 0.15) is 6.61 Å². The van der Waals surface area contributed by atoms with Gasteiger partial charge in [-0.3, -0.25) is 14.4 Å². The van der Waals surface area contributed by atoms with Crippen LogP contribution < -0.4 is 10.1 Å². The first-order valence-corrected chi connectivity index (χ1v) is 12.5. The fraction of sp³-hybridized carbons (Fsp3) is 0.308. The summed E-state index contributed by atoms with van der Waals surface area (Å²) < 4.78 is 7.49. The van der Waals surface area contributed by atoms with Gasteiger partial charge in [0.25, 0.3) is 0 Å². The third kappa shape index (κ3) is 6.38. The lowest BCUT2D eigenvalue weighted by atomic mass is 10.1. The third-order valence-electron chi connectivity index (χ3n) is 6.35. The van der Waals surface area contributed by atoms with Crippen LogP contribution in [0.3, 0.4) is 0 Å². The SMILES string of the molecule is CN1CCN(CCOc2cnc(-c3cccc(CNc4nc(-c5cnn(C)c5)cnc4N=N)c3)nc2)CC1=O. The Hall–Kier alpha value is -4.78. The molecule has 3 aromatic heterocycles. The van der Waals surface area contributed by atoms with Gasteiger partial charge in [0, 0.05) is 57.6 Å². The van der Waals surface area contributed by atoms with Gasteiger partial charge < -0.3 is 15.0 Å². The number of piperazine rings is 1. The Labute approximate surface area is 225 Å². The van der Waals surface area contributed by atoms with Crippen LogP contribution in [0.5, 0.6) is 5.75 Å². The van der Waals surface area contributed by atoms with Crippen LogP contribution in [0.1, 0.15) is 5.56 Å². The fourth-order valence-corrected chi connectivity index (χ4v) is 4.11. The van der Waals surface area contributed by atoms with Crippen molar-refractivity contribution in [2.45, 2.75) is 6.54 Å². The monoisotopic (exact) mass is 527 g/mol. The molecule has 13 nitrogen and oxygen atoms in total. The third-order valence-corrected chi connectivity index (χ3v) is 6.35. The van der Waals surface area contributed by atoms with E-state index < -0.39 is 0 Å². The predicted molar refractivity (Wildman–Crippen MR) is 143 cm³/mol. The van der Waals surface area contributed by atoms with Crippen molar-refractivity contribution in [2.75, 3.05) is 45.2 Å². The van der Waals surface area contributed by atoms with Crippen molar-refractivity contribution in [3.63, 3.8) is 0 Å². The summed E-state index contributed by atoms with van der Waals surface area (Å²) >= 11 is 0. The molecule has 0 unspecified atom stereocenters. The maximum atomic E-state index is 11.8. The topological polar surface area (TPSA) is 150 Å². The second-order valence-electron chi connectivity index (χ2n) is 9.18. The number of carbonyl (C=O) groups is 1. The molecule has 1 aliphatic rings. The van der Waals surface area contributed by atoms with Crippen LogP contribution in [0.25, 0.3) is 22.6 Å². The van der Waals surface area contributed by atoms with E-state index in [0.29, 0.717) is 49.3 Å². The van der Waals surface area contributed by atoms with E-state index in [1.165, 1.54) is 0 Å². The van der Waals surface area contributed by atoms with Crippen LogP contribution in [0.2, 0.25) is 0 Å². The molecule has 0 bridgehead atoms. The van der Waals surface area contributed by atoms with Crippen molar-refractivity contribution >= 4 is 17.5 Å². The minimum absolute atomic E-state index is 0.129. The Morgan fingerprint density at radius 3 is 2.67 bits per heavy atom. The molecule has 0 atom stereocenters. The summed E-state index contributed by atoms with van der Waals surface area (Å²) in [6, 6.07) is 7.85. The smallest absolute Gasteiger partial charge is 0.236 e. The van der Waals surface area contributed by atoms with E-state index >= 15 is 0 Å². The number of anilines is 1. The maximum absolute atomic E-state index is 11.8. The Balaban J connectivity index is 1.19. The number of ether oxygens (including phenoxy) is 1. The zero-order valence-electron chi connectivity index (χ0n) is 21.8. The Bertz CT molecular complexity index is 1450. The summed E-state index contributed by atoms with van der Waals surface area (Å²) in [6.45, 7) is 3.56. The standard InChI is InChI=1S/C26H29N11O2/c1-35-6-7-37(17-23(35)38)8-9-39-21-13-29-24(30-14-21)19-5-3-4-18(10-19)11-28-25-26(34-27)31-15-22(33-25)20-12-32-36(2)16-20/h3-5,10,12-16,27H,6-9,11,17H2,1-2H3,(H,28,33). The van der Waals surface area contributed by atoms with Gasteiger partial charge in [0.05, 0.1) is 37.0 Å². The molecule has 0 radical (unpaired) electrons. The van der Waals surface area contributed by atoms with E-state index in [1.807, 2.05) is 44.6 Å². The summed E-state index contributed by atoms with van der Waals surface area (Å²) in [4.78, 5) is 33.5. The summed E-state index contributed by atoms with van der Waals surface area (Å²) in [5, 5.41) is 10.9. The highest BCUT2D eigenvalue weighted by Crippen LogP contribution is 2.25. The first kappa shape index (κ1) is 25.9. The largest absolute Gasteiger partial charge is 0.489 e. The zero-order valence-corrected chi connectivity index (χ0v) is 21.8. The Morgan fingerprint density at radius 2 is 1.92 bits per heavy atom. The van der Waals surface area contributed by atoms with Gasteiger partial charge >= 0.3 is 0 Å². The molecule has 1 aliphatic heterocycles. The van der Waals surface area contributed by atoms with Crippen LogP contribution >= 0.6 is 0 Å². The summed E-state index contributed by atoms with van der Waals surface area (Å²) in [6.07, 6.45) is 8.45. The molecule has 4 heterocycles. The van der Waals surface area contributed by atoms with Crippen molar-refractivity contribution in [1.29, 1.82) is 5.53 Å². The van der Waals surface area contributed by atoms with Crippen molar-refractivity contribution in [3.8, 4) is 28.4 Å². The highest BCUT2D eigenvalue weighted by atomic mass is 16.5. The van der Waals surface area contributed by atoms with E-state index in [4.69, 9.17) is 10.3 Å².